The first kappa shape index (κ1) is 19.5. The second-order valence-corrected chi connectivity index (χ2v) is 5.02. The summed E-state index contributed by atoms with van der Waals surface area (Å²) in [6, 6.07) is 0. The van der Waals surface area contributed by atoms with Gasteiger partial charge < -0.3 is 9.47 Å². The molecule has 0 aromatic heterocycles. The molecule has 0 rings (SSSR count). The van der Waals surface area contributed by atoms with Crippen LogP contribution in [-0.2, 0) is 29.2 Å². The molecule has 0 fully saturated rings. The molecule has 124 valence electrons. The summed E-state index contributed by atoms with van der Waals surface area (Å²) in [5, 5.41) is -5.80. The topological polar surface area (TPSA) is 107 Å². The van der Waals surface area contributed by atoms with Crippen LogP contribution < -0.4 is 0 Å². The second-order valence-electron chi connectivity index (χ2n) is 3.52. The summed E-state index contributed by atoms with van der Waals surface area (Å²) in [6.45, 7) is 0. The van der Waals surface area contributed by atoms with Crippen molar-refractivity contribution >= 4 is 22.1 Å². The summed E-state index contributed by atoms with van der Waals surface area (Å²) in [6.07, 6.45) is -12.2. The fourth-order valence-electron chi connectivity index (χ4n) is 0.958. The van der Waals surface area contributed by atoms with Crippen molar-refractivity contribution in [3.05, 3.63) is 0 Å². The van der Waals surface area contributed by atoms with Gasteiger partial charge in [-0.2, -0.15) is 30.4 Å². The molecule has 21 heavy (non-hydrogen) atoms. The number of hydrogen-bond acceptors (Lipinski definition) is 6. The van der Waals surface area contributed by atoms with Gasteiger partial charge in [0, 0.05) is 0 Å². The minimum atomic E-state index is -6.49. The number of esters is 2. The van der Waals surface area contributed by atoms with Gasteiger partial charge in [-0.25, -0.2) is 0 Å². The van der Waals surface area contributed by atoms with Crippen LogP contribution in [0.15, 0.2) is 0 Å². The molecule has 13 heteroatoms. The number of hydrogen-bond donors (Lipinski definition) is 1. The number of methoxy groups -OCH3 is 1. The van der Waals surface area contributed by atoms with Gasteiger partial charge in [-0.3, -0.25) is 14.1 Å². The van der Waals surface area contributed by atoms with E-state index >= 15 is 0 Å². The Morgan fingerprint density at radius 1 is 1.10 bits per heavy atom. The summed E-state index contributed by atoms with van der Waals surface area (Å²) in [7, 11) is -5.59. The minimum Gasteiger partial charge on any atom is -0.469 e. The average molecular weight is 344 g/mol. The standard InChI is InChI=1S/C8H9F5O7S/c1-19-4(14)2-3-5(15)20-6(7(9,10)11)8(12,13)21(16,17)18/h6H,2-3H2,1H3,(H,16,17,18). The smallest absolute Gasteiger partial charge is 0.432 e. The second kappa shape index (κ2) is 6.51. The van der Waals surface area contributed by atoms with Crippen LogP contribution in [0, 0.1) is 0 Å². The van der Waals surface area contributed by atoms with Crippen LogP contribution in [0.5, 0.6) is 0 Å². The molecule has 0 aromatic rings. The van der Waals surface area contributed by atoms with Gasteiger partial charge in [-0.1, -0.05) is 0 Å². The highest BCUT2D eigenvalue weighted by Crippen LogP contribution is 2.38. The third kappa shape index (κ3) is 5.41. The van der Waals surface area contributed by atoms with Crippen molar-refractivity contribution in [2.24, 2.45) is 0 Å². The number of rotatable bonds is 6. The van der Waals surface area contributed by atoms with Crippen molar-refractivity contribution in [3.63, 3.8) is 0 Å². The van der Waals surface area contributed by atoms with Crippen LogP contribution in [0.4, 0.5) is 22.0 Å². The molecule has 0 aliphatic carbocycles. The van der Waals surface area contributed by atoms with Gasteiger partial charge in [0.15, 0.2) is 0 Å². The van der Waals surface area contributed by atoms with E-state index in [4.69, 9.17) is 4.55 Å². The van der Waals surface area contributed by atoms with Crippen LogP contribution in [0.1, 0.15) is 12.8 Å². The summed E-state index contributed by atoms with van der Waals surface area (Å²) in [4.78, 5) is 21.6. The van der Waals surface area contributed by atoms with E-state index < -0.39 is 52.4 Å². The highest BCUT2D eigenvalue weighted by Gasteiger charge is 2.65. The van der Waals surface area contributed by atoms with E-state index in [2.05, 4.69) is 9.47 Å². The largest absolute Gasteiger partial charge is 0.469 e. The summed E-state index contributed by atoms with van der Waals surface area (Å²) in [5.41, 5.74) is 0. The Kier molecular flexibility index (Phi) is 6.05. The maximum absolute atomic E-state index is 13.0. The van der Waals surface area contributed by atoms with Crippen molar-refractivity contribution < 1.29 is 54.0 Å². The van der Waals surface area contributed by atoms with Crippen LogP contribution in [0.3, 0.4) is 0 Å². The van der Waals surface area contributed by atoms with Gasteiger partial charge in [0.25, 0.3) is 6.10 Å². The normalized spacial score (nSPS) is 14.4. The molecule has 0 amide bonds. The Bertz CT molecular complexity index is 498. The first-order valence-corrected chi connectivity index (χ1v) is 6.35. The van der Waals surface area contributed by atoms with E-state index in [-0.39, 0.29) is 0 Å². The highest BCUT2D eigenvalue weighted by atomic mass is 32.2. The molecule has 0 aromatic carbocycles. The third-order valence-corrected chi connectivity index (χ3v) is 2.86. The van der Waals surface area contributed by atoms with Crippen molar-refractivity contribution in [3.8, 4) is 0 Å². The van der Waals surface area contributed by atoms with Crippen LogP contribution in [0.25, 0.3) is 0 Å². The van der Waals surface area contributed by atoms with E-state index in [1.165, 1.54) is 0 Å². The Morgan fingerprint density at radius 2 is 1.52 bits per heavy atom. The van der Waals surface area contributed by atoms with E-state index in [9.17, 15) is 40.0 Å². The molecule has 0 spiro atoms. The lowest BCUT2D eigenvalue weighted by Gasteiger charge is -2.25. The number of halogens is 5. The third-order valence-electron chi connectivity index (χ3n) is 1.96. The summed E-state index contributed by atoms with van der Waals surface area (Å²) < 4.78 is 99.1. The molecule has 0 aliphatic heterocycles. The van der Waals surface area contributed by atoms with Gasteiger partial charge in [0.2, 0.25) is 0 Å². The van der Waals surface area contributed by atoms with Gasteiger partial charge in [-0.15, -0.1) is 0 Å². The van der Waals surface area contributed by atoms with Crippen molar-refractivity contribution in [2.75, 3.05) is 7.11 Å². The molecular weight excluding hydrogens is 335 g/mol. The average Bonchev–Trinajstić information content (AvgIpc) is 2.29. The van der Waals surface area contributed by atoms with Crippen molar-refractivity contribution in [2.45, 2.75) is 30.4 Å². The zero-order valence-electron chi connectivity index (χ0n) is 10.2. The maximum Gasteiger partial charge on any atom is 0.432 e. The highest BCUT2D eigenvalue weighted by molar-refractivity contribution is 7.86. The van der Waals surface area contributed by atoms with Gasteiger partial charge >= 0.3 is 33.5 Å². The SMILES string of the molecule is COC(=O)CCC(=O)OC(C(F)(F)F)C(F)(F)S(=O)(=O)O. The fraction of sp³-hybridized carbons (Fsp3) is 0.750. The number of alkyl halides is 5. The molecule has 0 aliphatic rings. The Morgan fingerprint density at radius 3 is 1.86 bits per heavy atom. The molecule has 0 saturated heterocycles. The fourth-order valence-corrected chi connectivity index (χ4v) is 1.41. The van der Waals surface area contributed by atoms with E-state index in [0.717, 1.165) is 7.11 Å². The predicted molar refractivity (Wildman–Crippen MR) is 53.7 cm³/mol. The molecule has 1 atom stereocenters. The summed E-state index contributed by atoms with van der Waals surface area (Å²) in [5.74, 6) is -2.96. The van der Waals surface area contributed by atoms with Crippen LogP contribution >= 0.6 is 0 Å². The molecule has 0 heterocycles. The van der Waals surface area contributed by atoms with E-state index in [1.807, 2.05) is 0 Å². The lowest BCUT2D eigenvalue weighted by molar-refractivity contribution is -0.259. The number of ether oxygens (including phenoxy) is 2. The van der Waals surface area contributed by atoms with Gasteiger partial charge in [0.05, 0.1) is 20.0 Å². The molecule has 1 unspecified atom stereocenters. The van der Waals surface area contributed by atoms with Crippen molar-refractivity contribution in [1.29, 1.82) is 0 Å². The molecule has 1 N–H and O–H groups in total. The van der Waals surface area contributed by atoms with Gasteiger partial charge in [-0.05, 0) is 0 Å². The predicted octanol–water partition coefficient (Wildman–Crippen LogP) is 0.894. The molecule has 7 nitrogen and oxygen atoms in total. The van der Waals surface area contributed by atoms with E-state index in [1.54, 1.807) is 0 Å². The number of carbonyl (C=O) groups excluding carboxylic acids is 2. The number of carbonyl (C=O) groups is 2. The zero-order chi connectivity index (χ0) is 17.1. The lowest BCUT2D eigenvalue weighted by Crippen LogP contribution is -2.52. The maximum atomic E-state index is 13.0. The Labute approximate surface area is 114 Å². The van der Waals surface area contributed by atoms with Gasteiger partial charge in [0.1, 0.15) is 0 Å². The Balaban J connectivity index is 5.15. The zero-order valence-corrected chi connectivity index (χ0v) is 11.0. The van der Waals surface area contributed by atoms with Crippen LogP contribution in [0.2, 0.25) is 0 Å². The molecule has 0 radical (unpaired) electrons. The monoisotopic (exact) mass is 344 g/mol. The van der Waals surface area contributed by atoms with Crippen molar-refractivity contribution in [1.82, 2.24) is 0 Å². The first-order chi connectivity index (χ1) is 9.23. The molecule has 0 saturated carbocycles. The summed E-state index contributed by atoms with van der Waals surface area (Å²) >= 11 is 0. The van der Waals surface area contributed by atoms with Crippen LogP contribution in [-0.4, -0.2) is 49.6 Å². The minimum absolute atomic E-state index is 0.767. The Hall–Kier alpha value is -1.50. The molecular formula is C8H9F5O7S. The quantitative estimate of drug-likeness (QED) is 0.433. The molecule has 0 bridgehead atoms. The first-order valence-electron chi connectivity index (χ1n) is 4.91. The lowest BCUT2D eigenvalue weighted by atomic mass is 10.3. The van der Waals surface area contributed by atoms with E-state index in [0.29, 0.717) is 0 Å².